The molecule has 1 aromatic carbocycles. The number of rotatable bonds is 2. The lowest BCUT2D eigenvalue weighted by atomic mass is 10.0. The third-order valence-electron chi connectivity index (χ3n) is 3.38. The fourth-order valence-electron chi connectivity index (χ4n) is 2.50. The van der Waals surface area contributed by atoms with E-state index >= 15 is 0 Å². The van der Waals surface area contributed by atoms with Crippen LogP contribution in [0.25, 0.3) is 0 Å². The normalized spacial score (nSPS) is 22.7. The van der Waals surface area contributed by atoms with Gasteiger partial charge in [-0.1, -0.05) is 36.6 Å². The van der Waals surface area contributed by atoms with E-state index in [1.165, 1.54) is 6.26 Å². The van der Waals surface area contributed by atoms with Crippen LogP contribution >= 0.6 is 11.6 Å². The van der Waals surface area contributed by atoms with Crippen LogP contribution in [-0.4, -0.2) is 25.5 Å². The molecule has 0 aromatic heterocycles. The summed E-state index contributed by atoms with van der Waals surface area (Å²) in [7, 11) is -3.16. The second-order valence-electron chi connectivity index (χ2n) is 4.79. The Morgan fingerprint density at radius 2 is 1.83 bits per heavy atom. The van der Waals surface area contributed by atoms with Gasteiger partial charge in [0.15, 0.2) is 0 Å². The fourth-order valence-corrected chi connectivity index (χ4v) is 3.77. The van der Waals surface area contributed by atoms with Gasteiger partial charge in [-0.05, 0) is 30.5 Å². The summed E-state index contributed by atoms with van der Waals surface area (Å²) in [5.74, 6) is 0. The van der Waals surface area contributed by atoms with Crippen molar-refractivity contribution in [2.45, 2.75) is 31.7 Å². The number of sulfonamides is 1. The van der Waals surface area contributed by atoms with Gasteiger partial charge in [0.2, 0.25) is 10.0 Å². The Hall–Kier alpha value is -0.580. The molecular formula is C13H18ClNO2S. The summed E-state index contributed by atoms with van der Waals surface area (Å²) in [5, 5.41) is 0.679. The van der Waals surface area contributed by atoms with E-state index in [0.29, 0.717) is 11.6 Å². The van der Waals surface area contributed by atoms with Crippen LogP contribution in [0.5, 0.6) is 0 Å². The molecule has 0 spiro atoms. The Kier molecular flexibility index (Phi) is 4.30. The molecule has 0 N–H and O–H groups in total. The summed E-state index contributed by atoms with van der Waals surface area (Å²) in [6.45, 7) is 0.617. The average Bonchev–Trinajstić information content (AvgIpc) is 2.54. The van der Waals surface area contributed by atoms with Crippen LogP contribution in [0.1, 0.15) is 37.3 Å². The highest BCUT2D eigenvalue weighted by atomic mass is 35.5. The van der Waals surface area contributed by atoms with Crippen LogP contribution in [0.2, 0.25) is 5.02 Å². The zero-order chi connectivity index (χ0) is 13.2. The Morgan fingerprint density at radius 1 is 1.17 bits per heavy atom. The summed E-state index contributed by atoms with van der Waals surface area (Å²) in [4.78, 5) is 0. The number of hydrogen-bond donors (Lipinski definition) is 0. The molecule has 0 aliphatic carbocycles. The van der Waals surface area contributed by atoms with E-state index in [0.717, 1.165) is 31.2 Å². The largest absolute Gasteiger partial charge is 0.212 e. The van der Waals surface area contributed by atoms with Gasteiger partial charge in [0.1, 0.15) is 0 Å². The first-order valence-electron chi connectivity index (χ1n) is 6.21. The molecule has 0 saturated carbocycles. The molecule has 1 fully saturated rings. The standard InChI is InChI=1S/C13H18ClNO2S/c1-18(16,17)15-10-4-2-3-5-13(15)11-6-8-12(14)9-7-11/h6-9,13H,2-5,10H2,1H3/t13-/m1/s1. The first kappa shape index (κ1) is 13.8. The highest BCUT2D eigenvalue weighted by Gasteiger charge is 2.28. The lowest BCUT2D eigenvalue weighted by molar-refractivity contribution is 0.331. The lowest BCUT2D eigenvalue weighted by Gasteiger charge is -2.28. The van der Waals surface area contributed by atoms with Crippen molar-refractivity contribution >= 4 is 21.6 Å². The van der Waals surface area contributed by atoms with Crippen molar-refractivity contribution in [2.75, 3.05) is 12.8 Å². The van der Waals surface area contributed by atoms with E-state index in [9.17, 15) is 8.42 Å². The van der Waals surface area contributed by atoms with Crippen molar-refractivity contribution in [1.82, 2.24) is 4.31 Å². The van der Waals surface area contributed by atoms with Gasteiger partial charge in [-0.2, -0.15) is 4.31 Å². The SMILES string of the molecule is CS(=O)(=O)N1CCCCC[C@@H]1c1ccc(Cl)cc1. The van der Waals surface area contributed by atoms with E-state index in [-0.39, 0.29) is 6.04 Å². The fraction of sp³-hybridized carbons (Fsp3) is 0.538. The number of hydrogen-bond acceptors (Lipinski definition) is 2. The maximum atomic E-state index is 11.9. The van der Waals surface area contributed by atoms with Gasteiger partial charge in [-0.3, -0.25) is 0 Å². The number of benzene rings is 1. The van der Waals surface area contributed by atoms with Crippen LogP contribution in [0, 0.1) is 0 Å². The molecule has 1 atom stereocenters. The second-order valence-corrected chi connectivity index (χ2v) is 7.16. The van der Waals surface area contributed by atoms with E-state index in [2.05, 4.69) is 0 Å². The summed E-state index contributed by atoms with van der Waals surface area (Å²) in [5.41, 5.74) is 1.03. The van der Waals surface area contributed by atoms with Crippen LogP contribution in [-0.2, 0) is 10.0 Å². The smallest absolute Gasteiger partial charge is 0.211 e. The van der Waals surface area contributed by atoms with Crippen molar-refractivity contribution in [3.8, 4) is 0 Å². The third kappa shape index (κ3) is 3.25. The highest BCUT2D eigenvalue weighted by molar-refractivity contribution is 7.88. The molecule has 1 saturated heterocycles. The Morgan fingerprint density at radius 3 is 2.44 bits per heavy atom. The molecule has 3 nitrogen and oxygen atoms in total. The molecule has 0 radical (unpaired) electrons. The maximum Gasteiger partial charge on any atom is 0.211 e. The average molecular weight is 288 g/mol. The molecule has 2 rings (SSSR count). The van der Waals surface area contributed by atoms with Crippen LogP contribution in [0.3, 0.4) is 0 Å². The Bertz CT molecular complexity index is 498. The molecule has 18 heavy (non-hydrogen) atoms. The molecule has 100 valence electrons. The first-order valence-corrected chi connectivity index (χ1v) is 8.43. The predicted molar refractivity (Wildman–Crippen MR) is 74.2 cm³/mol. The summed E-state index contributed by atoms with van der Waals surface area (Å²) in [6, 6.07) is 7.46. The molecule has 0 bridgehead atoms. The van der Waals surface area contributed by atoms with E-state index in [1.807, 2.05) is 24.3 Å². The van der Waals surface area contributed by atoms with Crippen molar-refractivity contribution in [1.29, 1.82) is 0 Å². The van der Waals surface area contributed by atoms with Gasteiger partial charge < -0.3 is 0 Å². The minimum absolute atomic E-state index is 0.0419. The highest BCUT2D eigenvalue weighted by Crippen LogP contribution is 2.32. The Labute approximate surface area is 114 Å². The number of halogens is 1. The molecular weight excluding hydrogens is 270 g/mol. The minimum Gasteiger partial charge on any atom is -0.212 e. The quantitative estimate of drug-likeness (QED) is 0.837. The van der Waals surface area contributed by atoms with Gasteiger partial charge in [0, 0.05) is 17.6 Å². The lowest BCUT2D eigenvalue weighted by Crippen LogP contribution is -2.33. The summed E-state index contributed by atoms with van der Waals surface area (Å²) in [6.07, 6.45) is 5.28. The van der Waals surface area contributed by atoms with Gasteiger partial charge in [0.05, 0.1) is 6.26 Å². The van der Waals surface area contributed by atoms with Gasteiger partial charge in [-0.15, -0.1) is 0 Å². The predicted octanol–water partition coefficient (Wildman–Crippen LogP) is 3.22. The van der Waals surface area contributed by atoms with Gasteiger partial charge in [0.25, 0.3) is 0 Å². The monoisotopic (exact) mass is 287 g/mol. The van der Waals surface area contributed by atoms with Crippen molar-refractivity contribution < 1.29 is 8.42 Å². The molecule has 1 aromatic rings. The minimum atomic E-state index is -3.16. The Balaban J connectivity index is 2.34. The van der Waals surface area contributed by atoms with Crippen molar-refractivity contribution in [2.24, 2.45) is 0 Å². The molecule has 1 aliphatic rings. The van der Waals surface area contributed by atoms with Gasteiger partial charge >= 0.3 is 0 Å². The van der Waals surface area contributed by atoms with Crippen molar-refractivity contribution in [3.63, 3.8) is 0 Å². The van der Waals surface area contributed by atoms with E-state index in [1.54, 1.807) is 4.31 Å². The maximum absolute atomic E-state index is 11.9. The molecule has 5 heteroatoms. The molecule has 1 aliphatic heterocycles. The second kappa shape index (κ2) is 5.59. The first-order chi connectivity index (χ1) is 8.48. The summed E-state index contributed by atoms with van der Waals surface area (Å²) >= 11 is 5.88. The van der Waals surface area contributed by atoms with Crippen LogP contribution in [0.15, 0.2) is 24.3 Å². The third-order valence-corrected chi connectivity index (χ3v) is 4.93. The van der Waals surface area contributed by atoms with Crippen LogP contribution in [0.4, 0.5) is 0 Å². The van der Waals surface area contributed by atoms with Crippen LogP contribution < -0.4 is 0 Å². The topological polar surface area (TPSA) is 37.4 Å². The molecule has 1 heterocycles. The molecule has 0 unspecified atom stereocenters. The van der Waals surface area contributed by atoms with E-state index < -0.39 is 10.0 Å². The zero-order valence-electron chi connectivity index (χ0n) is 10.5. The number of nitrogens with zero attached hydrogens (tertiary/aromatic N) is 1. The van der Waals surface area contributed by atoms with Crippen molar-refractivity contribution in [3.05, 3.63) is 34.9 Å². The van der Waals surface area contributed by atoms with Gasteiger partial charge in [-0.25, -0.2) is 8.42 Å². The zero-order valence-corrected chi connectivity index (χ0v) is 12.0. The summed E-state index contributed by atoms with van der Waals surface area (Å²) < 4.78 is 25.4. The van der Waals surface area contributed by atoms with E-state index in [4.69, 9.17) is 11.6 Å². The molecule has 0 amide bonds.